The van der Waals surface area contributed by atoms with Crippen LogP contribution in [-0.4, -0.2) is 170 Å². The molecule has 23 heteroatoms. The van der Waals surface area contributed by atoms with E-state index >= 15 is 0 Å². The van der Waals surface area contributed by atoms with Gasteiger partial charge in [0.05, 0.1) is 23.8 Å². The number of anilines is 2. The first-order valence-electron chi connectivity index (χ1n) is 29.7. The van der Waals surface area contributed by atoms with E-state index in [9.17, 15) is 44.4 Å². The van der Waals surface area contributed by atoms with E-state index in [0.717, 1.165) is 139 Å². The summed E-state index contributed by atoms with van der Waals surface area (Å²) in [5.74, 6) is -0.688. The molecule has 16 nitrogen and oxygen atoms in total. The van der Waals surface area contributed by atoms with Gasteiger partial charge in [0.2, 0.25) is 11.8 Å². The van der Waals surface area contributed by atoms with E-state index < -0.39 is 52.8 Å². The second kappa shape index (κ2) is 30.6. The van der Waals surface area contributed by atoms with Gasteiger partial charge in [-0.2, -0.15) is 13.2 Å². The number of morpholine rings is 1. The number of nitrogens with zero attached hydrogens (tertiary/aromatic N) is 5. The molecular formula is C62H82ClF3N8O8S3. The SMILES string of the molecule is CC1(CCN2CCN(C(=O)CCCCCCCCC(N)=O)CC2)CCC(c2ccc(Cl)cc2)=C(CN2CCN(c3ccc(C(=O)NS(=O)(=O)c4ccc(N[C@H](CCN5CCOCC5)CSc5ccccc5)c(S(=O)(=O)C(F)(F)F)c4)cc3)CC2)C1. The molecule has 4 aromatic rings. The first kappa shape index (κ1) is 65.8. The van der Waals surface area contributed by atoms with E-state index in [1.807, 2.05) is 52.1 Å². The smallest absolute Gasteiger partial charge is 0.380 e. The number of ether oxygens (including phenoxy) is 1. The summed E-state index contributed by atoms with van der Waals surface area (Å²) < 4.78 is 104. The lowest BCUT2D eigenvalue weighted by Crippen LogP contribution is -2.49. The van der Waals surface area contributed by atoms with Crippen molar-refractivity contribution in [2.24, 2.45) is 11.1 Å². The van der Waals surface area contributed by atoms with Crippen LogP contribution >= 0.6 is 23.4 Å². The highest BCUT2D eigenvalue weighted by molar-refractivity contribution is 7.99. The number of benzene rings is 4. The molecule has 4 aliphatic rings. The van der Waals surface area contributed by atoms with Crippen LogP contribution in [0.15, 0.2) is 117 Å². The molecule has 0 radical (unpaired) electrons. The highest BCUT2D eigenvalue weighted by Gasteiger charge is 2.48. The number of primary amides is 1. The summed E-state index contributed by atoms with van der Waals surface area (Å²) >= 11 is 7.79. The number of piperazine rings is 2. The van der Waals surface area contributed by atoms with Crippen molar-refractivity contribution >= 4 is 77.9 Å². The van der Waals surface area contributed by atoms with Crippen molar-refractivity contribution in [3.05, 3.63) is 119 Å². The molecule has 3 aliphatic heterocycles. The molecule has 0 saturated carbocycles. The van der Waals surface area contributed by atoms with Crippen molar-refractivity contribution < 1.29 is 49.1 Å². The van der Waals surface area contributed by atoms with Crippen LogP contribution in [0, 0.1) is 5.41 Å². The number of carbonyl (C=O) groups excluding carboxylic acids is 3. The topological polar surface area (TPSA) is 195 Å². The van der Waals surface area contributed by atoms with Gasteiger partial charge >= 0.3 is 5.51 Å². The fourth-order valence-corrected chi connectivity index (χ4v) is 14.8. The number of unbranched alkanes of at least 4 members (excludes halogenated alkanes) is 5. The Morgan fingerprint density at radius 1 is 0.753 bits per heavy atom. The number of alkyl halides is 3. The number of rotatable bonds is 28. The van der Waals surface area contributed by atoms with E-state index in [1.165, 1.54) is 40.6 Å². The molecule has 4 N–H and O–H groups in total. The Balaban J connectivity index is 0.848. The number of sulfone groups is 1. The van der Waals surface area contributed by atoms with Crippen molar-refractivity contribution in [1.82, 2.24) is 24.3 Å². The average molecular weight is 1260 g/mol. The van der Waals surface area contributed by atoms with Crippen LogP contribution in [0.2, 0.25) is 5.02 Å². The third-order valence-electron chi connectivity index (χ3n) is 16.9. The predicted molar refractivity (Wildman–Crippen MR) is 330 cm³/mol. The summed E-state index contributed by atoms with van der Waals surface area (Å²) in [6, 6.07) is 25.8. The summed E-state index contributed by atoms with van der Waals surface area (Å²) in [6.45, 7) is 13.4. The minimum atomic E-state index is -6.08. The first-order valence-corrected chi connectivity index (χ1v) is 34.1. The number of hydrogen-bond acceptors (Lipinski definition) is 14. The first-order chi connectivity index (χ1) is 40.6. The molecule has 2 atom stereocenters. The van der Waals surface area contributed by atoms with Crippen LogP contribution in [0.25, 0.3) is 5.57 Å². The van der Waals surface area contributed by atoms with Gasteiger partial charge < -0.3 is 25.6 Å². The average Bonchev–Trinajstić information content (AvgIpc) is 2.59. The molecule has 0 spiro atoms. The molecule has 0 bridgehead atoms. The Morgan fingerprint density at radius 3 is 2.05 bits per heavy atom. The van der Waals surface area contributed by atoms with Gasteiger partial charge in [0.1, 0.15) is 4.90 Å². The zero-order valence-electron chi connectivity index (χ0n) is 48.6. The summed E-state index contributed by atoms with van der Waals surface area (Å²) in [6.07, 6.45) is 11.4. The second-order valence-electron chi connectivity index (χ2n) is 23.2. The maximum Gasteiger partial charge on any atom is 0.501 e. The van der Waals surface area contributed by atoms with Gasteiger partial charge in [0.15, 0.2) is 0 Å². The van der Waals surface area contributed by atoms with Crippen LogP contribution in [0.4, 0.5) is 24.5 Å². The Hall–Kier alpha value is -5.20. The Morgan fingerprint density at radius 2 is 1.39 bits per heavy atom. The largest absolute Gasteiger partial charge is 0.501 e. The van der Waals surface area contributed by atoms with Crippen molar-refractivity contribution in [3.63, 3.8) is 0 Å². The number of nitrogens with two attached hydrogens (primary N) is 1. The summed E-state index contributed by atoms with van der Waals surface area (Å²) in [4.78, 5) is 47.7. The van der Waals surface area contributed by atoms with E-state index in [2.05, 4.69) is 44.0 Å². The third kappa shape index (κ3) is 19.1. The Kier molecular flexibility index (Phi) is 23.7. The van der Waals surface area contributed by atoms with Gasteiger partial charge in [-0.05, 0) is 135 Å². The summed E-state index contributed by atoms with van der Waals surface area (Å²) in [7, 11) is -11.0. The molecule has 4 aromatic carbocycles. The minimum absolute atomic E-state index is 0.0181. The second-order valence-corrected chi connectivity index (χ2v) is 28.3. The predicted octanol–water partition coefficient (Wildman–Crippen LogP) is 9.95. The van der Waals surface area contributed by atoms with Gasteiger partial charge in [-0.1, -0.05) is 80.1 Å². The number of sulfonamides is 1. The molecule has 0 aromatic heterocycles. The zero-order chi connectivity index (χ0) is 60.6. The lowest BCUT2D eigenvalue weighted by molar-refractivity contribution is -0.133. The van der Waals surface area contributed by atoms with Crippen molar-refractivity contribution in [3.8, 4) is 0 Å². The molecule has 464 valence electrons. The van der Waals surface area contributed by atoms with E-state index in [-0.39, 0.29) is 22.8 Å². The normalized spacial score (nSPS) is 19.2. The van der Waals surface area contributed by atoms with Crippen LogP contribution in [0.1, 0.15) is 106 Å². The summed E-state index contributed by atoms with van der Waals surface area (Å²) in [5.41, 5.74) is 3.96. The lowest BCUT2D eigenvalue weighted by atomic mass is 9.69. The Bertz CT molecular complexity index is 3120. The lowest BCUT2D eigenvalue weighted by Gasteiger charge is -2.42. The van der Waals surface area contributed by atoms with E-state index in [1.54, 1.807) is 12.1 Å². The molecule has 3 amide bonds. The maximum absolute atomic E-state index is 14.3. The fourth-order valence-electron chi connectivity index (χ4n) is 11.7. The van der Waals surface area contributed by atoms with Gasteiger partial charge in [-0.25, -0.2) is 21.6 Å². The number of allylic oxidation sites excluding steroid dienone is 1. The number of hydrogen-bond donors (Lipinski definition) is 3. The maximum atomic E-state index is 14.3. The van der Waals surface area contributed by atoms with Gasteiger partial charge in [-0.15, -0.1) is 11.8 Å². The van der Waals surface area contributed by atoms with Gasteiger partial charge in [-0.3, -0.25) is 29.1 Å². The standard InChI is InChI=1S/C62H82ClF3N8O8S3/c1-61(28-30-71-31-37-74(38-32-71)59(76)14-10-5-3-2-4-9-13-58(67)75)27-25-55(47-15-19-50(63)20-16-47)49(44-61)45-72-33-35-73(36-34-72)52-21-17-48(18-22-52)60(77)69-85(80,81)54-23-24-56(57(43-54)84(78,79)62(64,65)66)68-51(26-29-70-39-41-82-42-40-70)46-83-53-11-7-6-8-12-53/h6-8,11-12,15-24,43,51,68H,2-5,9-10,13-14,25-42,44-46H2,1H3,(H2,67,75)(H,69,77)/t51-,61?/m1/s1. The molecule has 1 aliphatic carbocycles. The van der Waals surface area contributed by atoms with Gasteiger partial charge in [0, 0.05) is 124 Å². The van der Waals surface area contributed by atoms with E-state index in [0.29, 0.717) is 82.0 Å². The highest BCUT2D eigenvalue weighted by Crippen LogP contribution is 2.46. The summed E-state index contributed by atoms with van der Waals surface area (Å²) in [5, 5.41) is 3.70. The number of amides is 3. The molecule has 3 heterocycles. The van der Waals surface area contributed by atoms with Crippen molar-refractivity contribution in [1.29, 1.82) is 0 Å². The van der Waals surface area contributed by atoms with Gasteiger partial charge in [0.25, 0.3) is 25.8 Å². The van der Waals surface area contributed by atoms with Crippen LogP contribution in [-0.2, 0) is 34.2 Å². The molecule has 3 saturated heterocycles. The van der Waals surface area contributed by atoms with Crippen molar-refractivity contribution in [2.75, 3.05) is 114 Å². The fraction of sp³-hybridized carbons (Fsp3) is 0.532. The zero-order valence-corrected chi connectivity index (χ0v) is 51.8. The Labute approximate surface area is 509 Å². The number of thioether (sulfide) groups is 1. The molecular weight excluding hydrogens is 1170 g/mol. The quantitative estimate of drug-likeness (QED) is 0.0359. The van der Waals surface area contributed by atoms with Crippen molar-refractivity contribution in [2.45, 2.75) is 117 Å². The number of nitrogens with one attached hydrogen (secondary N) is 2. The van der Waals surface area contributed by atoms with Crippen LogP contribution in [0.3, 0.4) is 0 Å². The third-order valence-corrected chi connectivity index (χ3v) is 21.2. The monoisotopic (exact) mass is 1250 g/mol. The molecule has 85 heavy (non-hydrogen) atoms. The molecule has 1 unspecified atom stereocenters. The molecule has 3 fully saturated rings. The van der Waals surface area contributed by atoms with Crippen LogP contribution < -0.4 is 20.7 Å². The minimum Gasteiger partial charge on any atom is -0.380 e. The highest BCUT2D eigenvalue weighted by atomic mass is 35.5. The van der Waals surface area contributed by atoms with Crippen LogP contribution in [0.5, 0.6) is 0 Å². The number of halogens is 4. The van der Waals surface area contributed by atoms with E-state index in [4.69, 9.17) is 22.1 Å². The number of carbonyl (C=O) groups is 3. The molecule has 8 rings (SSSR count).